The van der Waals surface area contributed by atoms with Crippen molar-refractivity contribution in [1.29, 1.82) is 0 Å². The Bertz CT molecular complexity index is 1610. The average Bonchev–Trinajstić information content (AvgIpc) is 3.27. The van der Waals surface area contributed by atoms with Gasteiger partial charge >= 0.3 is 0 Å². The largest absolute Gasteiger partial charge is 0.389 e. The van der Waals surface area contributed by atoms with Gasteiger partial charge in [0.15, 0.2) is 0 Å². The number of H-pyrrole nitrogens is 1. The van der Waals surface area contributed by atoms with Gasteiger partial charge in [-0.25, -0.2) is 8.78 Å². The van der Waals surface area contributed by atoms with E-state index >= 15 is 0 Å². The lowest BCUT2D eigenvalue weighted by Crippen LogP contribution is -2.51. The van der Waals surface area contributed by atoms with Gasteiger partial charge in [-0.1, -0.05) is 12.1 Å². The van der Waals surface area contributed by atoms with Crippen molar-refractivity contribution in [3.63, 3.8) is 0 Å². The number of fused-ring (bicyclic) bond motifs is 1. The molecule has 0 amide bonds. The molecule has 2 saturated carbocycles. The Hall–Kier alpha value is -3.41. The number of benzene rings is 1. The molecule has 3 N–H and O–H groups in total. The fraction of sp³-hybridized carbons (Fsp3) is 0.464. The number of hydrogen-bond donors (Lipinski definition) is 3. The maximum atomic E-state index is 14.3. The molecule has 4 heterocycles. The highest BCUT2D eigenvalue weighted by Gasteiger charge is 2.60. The first kappa shape index (κ1) is 24.6. The number of aryl methyl sites for hydroxylation is 1. The zero-order chi connectivity index (χ0) is 26.9. The molecular formula is C28H30F2N6O3. The van der Waals surface area contributed by atoms with Crippen LogP contribution in [0.25, 0.3) is 16.6 Å². The Morgan fingerprint density at radius 1 is 1.23 bits per heavy atom. The van der Waals surface area contributed by atoms with Crippen molar-refractivity contribution in [2.24, 2.45) is 7.05 Å². The summed E-state index contributed by atoms with van der Waals surface area (Å²) in [6, 6.07) is 9.17. The summed E-state index contributed by atoms with van der Waals surface area (Å²) in [5.74, 6) is -1.92. The predicted octanol–water partition coefficient (Wildman–Crippen LogP) is 2.89. The molecule has 0 bridgehead atoms. The van der Waals surface area contributed by atoms with Gasteiger partial charge in [0.05, 0.1) is 30.8 Å². The molecule has 1 aliphatic heterocycles. The second kappa shape index (κ2) is 8.80. The molecule has 1 aromatic carbocycles. The maximum Gasteiger partial charge on any atom is 0.279 e. The van der Waals surface area contributed by atoms with Gasteiger partial charge in [-0.05, 0) is 48.1 Å². The molecule has 1 saturated heterocycles. The second-order valence-corrected chi connectivity index (χ2v) is 11.3. The van der Waals surface area contributed by atoms with E-state index in [-0.39, 0.29) is 24.4 Å². The molecule has 3 aliphatic rings. The molecular weight excluding hydrogens is 506 g/mol. The average molecular weight is 537 g/mol. The number of aliphatic hydroxyl groups excluding tert-OH is 1. The minimum Gasteiger partial charge on any atom is -0.389 e. The topological polar surface area (TPSA) is 110 Å². The van der Waals surface area contributed by atoms with Gasteiger partial charge in [0, 0.05) is 49.4 Å². The summed E-state index contributed by atoms with van der Waals surface area (Å²) in [7, 11) is 1.76. The van der Waals surface area contributed by atoms with Crippen LogP contribution in [0.4, 0.5) is 8.78 Å². The van der Waals surface area contributed by atoms with Crippen LogP contribution in [-0.4, -0.2) is 60.7 Å². The van der Waals surface area contributed by atoms with Gasteiger partial charge in [-0.2, -0.15) is 0 Å². The molecule has 7 rings (SSSR count). The minimum atomic E-state index is -2.79. The van der Waals surface area contributed by atoms with E-state index in [1.165, 1.54) is 6.33 Å². The van der Waals surface area contributed by atoms with E-state index in [9.17, 15) is 18.7 Å². The molecule has 2 atom stereocenters. The van der Waals surface area contributed by atoms with Crippen molar-refractivity contribution >= 4 is 10.9 Å². The molecule has 1 unspecified atom stereocenters. The van der Waals surface area contributed by atoms with Crippen molar-refractivity contribution in [3.05, 3.63) is 75.9 Å². The molecule has 4 aromatic rings. The summed E-state index contributed by atoms with van der Waals surface area (Å²) in [6.45, 7) is 1.22. The van der Waals surface area contributed by atoms with Crippen molar-refractivity contribution in [2.45, 2.75) is 61.6 Å². The third-order valence-corrected chi connectivity index (χ3v) is 8.44. The molecule has 9 nitrogen and oxygen atoms in total. The van der Waals surface area contributed by atoms with Gasteiger partial charge in [0.25, 0.3) is 11.5 Å². The fourth-order valence-electron chi connectivity index (χ4n) is 6.27. The number of alkyl halides is 2. The van der Waals surface area contributed by atoms with Crippen LogP contribution in [-0.2, 0) is 23.7 Å². The first-order chi connectivity index (χ1) is 18.7. The van der Waals surface area contributed by atoms with Crippen LogP contribution in [0, 0.1) is 0 Å². The van der Waals surface area contributed by atoms with Crippen LogP contribution in [0.3, 0.4) is 0 Å². The first-order valence-electron chi connectivity index (χ1n) is 13.3. The predicted molar refractivity (Wildman–Crippen MR) is 139 cm³/mol. The summed E-state index contributed by atoms with van der Waals surface area (Å²) in [5.41, 5.74) is 2.61. The highest BCUT2D eigenvalue weighted by atomic mass is 19.3. The third-order valence-electron chi connectivity index (χ3n) is 8.44. The zero-order valence-electron chi connectivity index (χ0n) is 21.5. The van der Waals surface area contributed by atoms with Gasteiger partial charge in [0.1, 0.15) is 17.7 Å². The Morgan fingerprint density at radius 3 is 2.72 bits per heavy atom. The lowest BCUT2D eigenvalue weighted by atomic mass is 9.61. The molecule has 204 valence electrons. The SMILES string of the molecule is Cn1cnnc1C1(c2cccc(-n3cc(C4CC4)c4cc(CNC5COC[C@@H]5O)[nH]c4c3=O)c2)CC(F)(F)C1. The van der Waals surface area contributed by atoms with Gasteiger partial charge in [0.2, 0.25) is 0 Å². The van der Waals surface area contributed by atoms with E-state index in [0.29, 0.717) is 48.3 Å². The molecule has 0 spiro atoms. The Kier molecular flexibility index (Phi) is 5.56. The van der Waals surface area contributed by atoms with Crippen LogP contribution in [0.2, 0.25) is 0 Å². The van der Waals surface area contributed by atoms with E-state index in [2.05, 4.69) is 20.5 Å². The number of rotatable bonds is 7. The standard InChI is InChI=1S/C28H30F2N6O3/c1-35-15-32-34-26(35)27(13-28(29,30)14-27)17-3-2-4-19(7-17)36-10-21(16-5-6-16)20-8-18(33-24(20)25(36)38)9-31-22-11-39-12-23(22)37/h2-4,7-8,10,15-16,22-23,31,33,37H,5-6,9,11-14H2,1H3/t22?,23-/m0/s1. The minimum absolute atomic E-state index is 0.154. The smallest absolute Gasteiger partial charge is 0.279 e. The lowest BCUT2D eigenvalue weighted by molar-refractivity contribution is -0.116. The van der Waals surface area contributed by atoms with E-state index in [0.717, 1.165) is 29.5 Å². The summed E-state index contributed by atoms with van der Waals surface area (Å²) in [6.07, 6.45) is 4.28. The van der Waals surface area contributed by atoms with Crippen molar-refractivity contribution in [1.82, 2.24) is 29.6 Å². The summed E-state index contributed by atoms with van der Waals surface area (Å²) < 4.78 is 37.2. The van der Waals surface area contributed by atoms with E-state index < -0.39 is 17.4 Å². The molecule has 3 aromatic heterocycles. The highest BCUT2D eigenvalue weighted by molar-refractivity contribution is 5.84. The molecule has 0 radical (unpaired) electrons. The van der Waals surface area contributed by atoms with Crippen LogP contribution < -0.4 is 10.9 Å². The fourth-order valence-corrected chi connectivity index (χ4v) is 6.27. The number of ether oxygens (including phenoxy) is 1. The number of pyridine rings is 1. The molecule has 11 heteroatoms. The number of aliphatic hydroxyl groups is 1. The highest BCUT2D eigenvalue weighted by Crippen LogP contribution is 2.56. The normalized spacial score (nSPS) is 23.8. The zero-order valence-corrected chi connectivity index (χ0v) is 21.5. The third kappa shape index (κ3) is 4.11. The summed E-state index contributed by atoms with van der Waals surface area (Å²) in [5, 5.41) is 22.4. The van der Waals surface area contributed by atoms with Crippen LogP contribution in [0.5, 0.6) is 0 Å². The lowest BCUT2D eigenvalue weighted by Gasteiger charge is -2.46. The van der Waals surface area contributed by atoms with Crippen molar-refractivity contribution in [2.75, 3.05) is 13.2 Å². The van der Waals surface area contributed by atoms with Gasteiger partial charge < -0.3 is 24.7 Å². The molecule has 2 aliphatic carbocycles. The monoisotopic (exact) mass is 536 g/mol. The molecule has 3 fully saturated rings. The number of hydrogen-bond acceptors (Lipinski definition) is 6. The maximum absolute atomic E-state index is 14.3. The number of nitrogens with one attached hydrogen (secondary N) is 2. The Balaban J connectivity index is 1.29. The van der Waals surface area contributed by atoms with Crippen LogP contribution in [0.1, 0.15) is 54.2 Å². The van der Waals surface area contributed by atoms with E-state index in [1.807, 2.05) is 36.5 Å². The summed E-state index contributed by atoms with van der Waals surface area (Å²) >= 11 is 0. The van der Waals surface area contributed by atoms with E-state index in [4.69, 9.17) is 4.74 Å². The quantitative estimate of drug-likeness (QED) is 0.335. The Morgan fingerprint density at radius 2 is 2.05 bits per heavy atom. The number of aromatic nitrogens is 5. The number of nitrogens with zero attached hydrogens (tertiary/aromatic N) is 4. The van der Waals surface area contributed by atoms with E-state index in [1.54, 1.807) is 16.2 Å². The molecule has 39 heavy (non-hydrogen) atoms. The second-order valence-electron chi connectivity index (χ2n) is 11.3. The number of halogens is 2. The van der Waals surface area contributed by atoms with Crippen molar-refractivity contribution < 1.29 is 18.6 Å². The van der Waals surface area contributed by atoms with Crippen LogP contribution >= 0.6 is 0 Å². The first-order valence-corrected chi connectivity index (χ1v) is 13.3. The Labute approximate surface area is 222 Å². The van der Waals surface area contributed by atoms with Crippen molar-refractivity contribution in [3.8, 4) is 5.69 Å². The number of aromatic amines is 1. The van der Waals surface area contributed by atoms with Gasteiger partial charge in [-0.15, -0.1) is 10.2 Å². The van der Waals surface area contributed by atoms with Crippen LogP contribution in [0.15, 0.2) is 47.7 Å². The van der Waals surface area contributed by atoms with Gasteiger partial charge in [-0.3, -0.25) is 9.36 Å². The summed E-state index contributed by atoms with van der Waals surface area (Å²) in [4.78, 5) is 17.1.